The van der Waals surface area contributed by atoms with Crippen LogP contribution in [0, 0.1) is 6.92 Å². The maximum atomic E-state index is 13.6. The minimum atomic E-state index is -0.907. The van der Waals surface area contributed by atoms with Gasteiger partial charge in [-0.05, 0) is 55.7 Å². The summed E-state index contributed by atoms with van der Waals surface area (Å²) in [5, 5.41) is 11.8. The van der Waals surface area contributed by atoms with Crippen LogP contribution >= 0.6 is 11.3 Å². The summed E-state index contributed by atoms with van der Waals surface area (Å²) in [7, 11) is 0. The van der Waals surface area contributed by atoms with Crippen LogP contribution in [0.2, 0.25) is 0 Å². The Labute approximate surface area is 237 Å². The van der Waals surface area contributed by atoms with Gasteiger partial charge in [-0.15, -0.1) is 0 Å². The van der Waals surface area contributed by atoms with Gasteiger partial charge in [0.2, 0.25) is 0 Å². The second kappa shape index (κ2) is 11.9. The number of thiazole rings is 1. The molecule has 2 heterocycles. The van der Waals surface area contributed by atoms with Crippen LogP contribution in [0.4, 0.5) is 5.13 Å². The zero-order valence-corrected chi connectivity index (χ0v) is 23.7. The van der Waals surface area contributed by atoms with E-state index >= 15 is 0 Å². The number of aliphatic hydroxyl groups is 1. The third-order valence-electron chi connectivity index (χ3n) is 6.82. The number of hydrogen-bond donors (Lipinski definition) is 1. The quantitative estimate of drug-likeness (QED) is 0.0962. The van der Waals surface area contributed by atoms with Crippen molar-refractivity contribution in [3.05, 3.63) is 89.0 Å². The van der Waals surface area contributed by atoms with Gasteiger partial charge in [-0.3, -0.25) is 14.5 Å². The molecule has 0 saturated carbocycles. The van der Waals surface area contributed by atoms with Crippen molar-refractivity contribution in [3.63, 3.8) is 0 Å². The number of carbonyl (C=O) groups is 2. The molecule has 5 rings (SSSR count). The molecule has 1 aliphatic rings. The number of ketones is 1. The summed E-state index contributed by atoms with van der Waals surface area (Å²) in [6.45, 7) is 6.99. The average molecular weight is 557 g/mol. The van der Waals surface area contributed by atoms with E-state index in [1.54, 1.807) is 36.4 Å². The fraction of sp³-hybridized carbons (Fsp3) is 0.281. The smallest absolute Gasteiger partial charge is 0.301 e. The van der Waals surface area contributed by atoms with Crippen molar-refractivity contribution in [1.29, 1.82) is 0 Å². The number of carbonyl (C=O) groups excluding carboxylic acids is 2. The van der Waals surface area contributed by atoms with E-state index in [2.05, 4.69) is 6.92 Å². The van der Waals surface area contributed by atoms with Crippen LogP contribution in [-0.4, -0.2) is 35.0 Å². The van der Waals surface area contributed by atoms with E-state index in [0.717, 1.165) is 35.0 Å². The first-order valence-electron chi connectivity index (χ1n) is 13.6. The molecule has 1 N–H and O–H groups in total. The van der Waals surface area contributed by atoms with Crippen LogP contribution in [0.3, 0.4) is 0 Å². The molecule has 40 heavy (non-hydrogen) atoms. The van der Waals surface area contributed by atoms with Crippen LogP contribution in [0.25, 0.3) is 16.0 Å². The molecule has 7 nitrogen and oxygen atoms in total. The summed E-state index contributed by atoms with van der Waals surface area (Å²) < 4.78 is 12.8. The van der Waals surface area contributed by atoms with Crippen molar-refractivity contribution < 1.29 is 24.2 Å². The monoisotopic (exact) mass is 556 g/mol. The largest absolute Gasteiger partial charge is 0.507 e. The van der Waals surface area contributed by atoms with E-state index in [0.29, 0.717) is 41.0 Å². The summed E-state index contributed by atoms with van der Waals surface area (Å²) in [4.78, 5) is 33.3. The van der Waals surface area contributed by atoms with Crippen molar-refractivity contribution >= 4 is 44.1 Å². The van der Waals surface area contributed by atoms with Crippen molar-refractivity contribution in [3.8, 4) is 11.5 Å². The molecule has 3 aromatic carbocycles. The number of Topliss-reactive ketones (excluding diaryl/α,β-unsaturated/α-hetero) is 1. The molecule has 1 aromatic heterocycles. The highest BCUT2D eigenvalue weighted by Crippen LogP contribution is 2.46. The highest BCUT2D eigenvalue weighted by Gasteiger charge is 2.48. The number of amides is 1. The van der Waals surface area contributed by atoms with Gasteiger partial charge in [0.1, 0.15) is 5.76 Å². The SMILES string of the molecule is CCCCCOc1ccc(C2/C(=C(\O)c3ccccc3)C(=O)C(=O)N2c2nc3ccc(C)cc3s2)cc1OCC. The molecule has 1 amide bonds. The highest BCUT2D eigenvalue weighted by atomic mass is 32.1. The fourth-order valence-corrected chi connectivity index (χ4v) is 5.93. The Kier molecular flexibility index (Phi) is 8.16. The summed E-state index contributed by atoms with van der Waals surface area (Å²) >= 11 is 1.34. The molecular weight excluding hydrogens is 524 g/mol. The number of hydrogen-bond acceptors (Lipinski definition) is 7. The van der Waals surface area contributed by atoms with Gasteiger partial charge in [-0.2, -0.15) is 0 Å². The van der Waals surface area contributed by atoms with Gasteiger partial charge in [-0.25, -0.2) is 4.98 Å². The second-order valence-electron chi connectivity index (χ2n) is 9.70. The minimum absolute atomic E-state index is 0.00528. The normalized spacial score (nSPS) is 16.6. The van der Waals surface area contributed by atoms with Crippen LogP contribution < -0.4 is 14.4 Å². The van der Waals surface area contributed by atoms with Gasteiger partial charge in [0.15, 0.2) is 16.6 Å². The van der Waals surface area contributed by atoms with Gasteiger partial charge in [0, 0.05) is 5.56 Å². The van der Waals surface area contributed by atoms with Gasteiger partial charge in [0.25, 0.3) is 5.78 Å². The molecule has 4 aromatic rings. The molecule has 0 aliphatic carbocycles. The van der Waals surface area contributed by atoms with Crippen molar-refractivity contribution in [2.75, 3.05) is 18.1 Å². The number of anilines is 1. The van der Waals surface area contributed by atoms with Crippen molar-refractivity contribution in [1.82, 2.24) is 4.98 Å². The zero-order chi connectivity index (χ0) is 28.2. The molecule has 0 bridgehead atoms. The Morgan fingerprint density at radius 3 is 2.52 bits per heavy atom. The Morgan fingerprint density at radius 1 is 0.975 bits per heavy atom. The third kappa shape index (κ3) is 5.31. The molecule has 1 unspecified atom stereocenters. The maximum absolute atomic E-state index is 13.6. The predicted molar refractivity (Wildman–Crippen MR) is 158 cm³/mol. The lowest BCUT2D eigenvalue weighted by Crippen LogP contribution is -2.29. The number of rotatable bonds is 10. The number of fused-ring (bicyclic) bond motifs is 1. The number of nitrogens with zero attached hydrogens (tertiary/aromatic N) is 2. The zero-order valence-electron chi connectivity index (χ0n) is 22.8. The fourth-order valence-electron chi connectivity index (χ4n) is 4.84. The molecule has 1 atom stereocenters. The van der Waals surface area contributed by atoms with E-state index in [4.69, 9.17) is 14.5 Å². The maximum Gasteiger partial charge on any atom is 0.301 e. The molecule has 206 valence electrons. The average Bonchev–Trinajstić information content (AvgIpc) is 3.49. The van der Waals surface area contributed by atoms with E-state index in [1.807, 2.05) is 44.2 Å². The van der Waals surface area contributed by atoms with Crippen LogP contribution in [0.1, 0.15) is 55.8 Å². The summed E-state index contributed by atoms with van der Waals surface area (Å²) in [6.07, 6.45) is 3.08. The second-order valence-corrected chi connectivity index (χ2v) is 10.7. The molecule has 8 heteroatoms. The van der Waals surface area contributed by atoms with E-state index in [-0.39, 0.29) is 11.3 Å². The van der Waals surface area contributed by atoms with E-state index in [1.165, 1.54) is 16.2 Å². The summed E-state index contributed by atoms with van der Waals surface area (Å²) in [6, 6.07) is 19.1. The molecule has 0 radical (unpaired) electrons. The minimum Gasteiger partial charge on any atom is -0.507 e. The molecule has 1 fully saturated rings. The Balaban J connectivity index is 1.65. The Morgan fingerprint density at radius 2 is 1.77 bits per heavy atom. The number of aliphatic hydroxyl groups excluding tert-OH is 1. The van der Waals surface area contributed by atoms with E-state index < -0.39 is 17.7 Å². The predicted octanol–water partition coefficient (Wildman–Crippen LogP) is 7.20. The third-order valence-corrected chi connectivity index (χ3v) is 7.84. The number of aryl methyl sites for hydroxylation is 1. The number of aromatic nitrogens is 1. The van der Waals surface area contributed by atoms with Gasteiger partial charge in [-0.1, -0.05) is 73.6 Å². The molecular formula is C32H32N2O5S. The number of unbranched alkanes of at least 4 members (excludes halogenated alkanes) is 2. The van der Waals surface area contributed by atoms with E-state index in [9.17, 15) is 14.7 Å². The lowest BCUT2D eigenvalue weighted by Gasteiger charge is -2.24. The summed E-state index contributed by atoms with van der Waals surface area (Å²) in [5.41, 5.74) is 2.87. The Bertz CT molecular complexity index is 1580. The standard InChI is InChI=1S/C32H32N2O5S/c1-4-6-10-17-39-24-16-14-22(19-25(24)38-5-2)28-27(29(35)21-11-8-7-9-12-21)30(36)31(37)34(28)32-33-23-15-13-20(3)18-26(23)40-32/h7-9,11-16,18-19,28,35H,4-6,10,17H2,1-3H3/b29-27+. The molecule has 0 spiro atoms. The highest BCUT2D eigenvalue weighted by molar-refractivity contribution is 7.22. The lowest BCUT2D eigenvalue weighted by atomic mass is 9.95. The number of benzene rings is 3. The summed E-state index contributed by atoms with van der Waals surface area (Å²) in [5.74, 6) is -0.629. The topological polar surface area (TPSA) is 89.0 Å². The lowest BCUT2D eigenvalue weighted by molar-refractivity contribution is -0.132. The molecule has 1 saturated heterocycles. The number of ether oxygens (including phenoxy) is 2. The van der Waals surface area contributed by atoms with Crippen molar-refractivity contribution in [2.45, 2.75) is 46.1 Å². The first-order chi connectivity index (χ1) is 19.4. The first-order valence-corrected chi connectivity index (χ1v) is 14.4. The van der Waals surface area contributed by atoms with Gasteiger partial charge >= 0.3 is 5.91 Å². The van der Waals surface area contributed by atoms with Crippen LogP contribution in [-0.2, 0) is 9.59 Å². The van der Waals surface area contributed by atoms with Crippen LogP contribution in [0.5, 0.6) is 11.5 Å². The first kappa shape index (κ1) is 27.4. The van der Waals surface area contributed by atoms with Crippen molar-refractivity contribution in [2.24, 2.45) is 0 Å². The van der Waals surface area contributed by atoms with Gasteiger partial charge in [0.05, 0.1) is 35.0 Å². The van der Waals surface area contributed by atoms with Crippen LogP contribution in [0.15, 0.2) is 72.3 Å². The molecule has 1 aliphatic heterocycles. The Hall–Kier alpha value is -4.17. The van der Waals surface area contributed by atoms with Gasteiger partial charge < -0.3 is 14.6 Å².